The first-order valence-corrected chi connectivity index (χ1v) is 14.9. The lowest BCUT2D eigenvalue weighted by atomic mass is 9.57. The normalized spacial score (nSPS) is 24.9. The molecular weight excluding hydrogens is 509 g/mol. The number of benzene rings is 4. The standard InChI is InChI=1S/C32H32NO5P/c34-29-21-24(23-11-14-27(15-12-23)39(36,37)38)13-16-28(29)30-31(22-33(30)26-9-5-2-6-10-26)17-19-32(35,20-18-31)25-7-3-1-4-8-25/h1-16,21,30,34-35H,17-20,22H2,(H2,36,37,38)/t30-,31?,32?/m1/s1. The largest absolute Gasteiger partial charge is 0.508 e. The average molecular weight is 542 g/mol. The zero-order chi connectivity index (χ0) is 27.3. The van der Waals surface area contributed by atoms with Crippen molar-refractivity contribution in [2.24, 2.45) is 5.41 Å². The van der Waals surface area contributed by atoms with Crippen molar-refractivity contribution in [1.82, 2.24) is 0 Å². The molecule has 200 valence electrons. The van der Waals surface area contributed by atoms with E-state index in [1.165, 1.54) is 12.1 Å². The summed E-state index contributed by atoms with van der Waals surface area (Å²) in [5, 5.41) is 22.8. The zero-order valence-corrected chi connectivity index (χ0v) is 22.4. The van der Waals surface area contributed by atoms with Gasteiger partial charge in [0, 0.05) is 23.2 Å². The van der Waals surface area contributed by atoms with E-state index < -0.39 is 13.2 Å². The predicted octanol–water partition coefficient (Wildman–Crippen LogP) is 5.87. The van der Waals surface area contributed by atoms with Gasteiger partial charge in [0.05, 0.1) is 16.9 Å². The molecule has 1 heterocycles. The smallest absolute Gasteiger partial charge is 0.356 e. The van der Waals surface area contributed by atoms with Gasteiger partial charge < -0.3 is 24.9 Å². The van der Waals surface area contributed by atoms with Crippen LogP contribution in [0.4, 0.5) is 5.69 Å². The molecule has 0 radical (unpaired) electrons. The monoisotopic (exact) mass is 541 g/mol. The molecule has 2 aliphatic rings. The summed E-state index contributed by atoms with van der Waals surface area (Å²) in [6, 6.07) is 32.0. The van der Waals surface area contributed by atoms with E-state index in [0.29, 0.717) is 12.8 Å². The molecule has 4 N–H and O–H groups in total. The Morgan fingerprint density at radius 1 is 0.744 bits per heavy atom. The van der Waals surface area contributed by atoms with Gasteiger partial charge in [-0.2, -0.15) is 0 Å². The highest BCUT2D eigenvalue weighted by atomic mass is 31.2. The van der Waals surface area contributed by atoms with Crippen molar-refractivity contribution in [3.8, 4) is 16.9 Å². The quantitative estimate of drug-likeness (QED) is 0.236. The Bertz CT molecular complexity index is 1510. The van der Waals surface area contributed by atoms with Crippen LogP contribution in [0.25, 0.3) is 11.1 Å². The van der Waals surface area contributed by atoms with E-state index in [1.54, 1.807) is 18.2 Å². The molecule has 1 atom stereocenters. The highest BCUT2D eigenvalue weighted by molar-refractivity contribution is 7.60. The van der Waals surface area contributed by atoms with Crippen molar-refractivity contribution in [3.05, 3.63) is 114 Å². The minimum atomic E-state index is -4.31. The van der Waals surface area contributed by atoms with Gasteiger partial charge in [-0.05, 0) is 72.7 Å². The lowest BCUT2D eigenvalue weighted by Gasteiger charge is -2.62. The minimum Gasteiger partial charge on any atom is -0.508 e. The Morgan fingerprint density at radius 3 is 1.92 bits per heavy atom. The van der Waals surface area contributed by atoms with Crippen molar-refractivity contribution >= 4 is 18.6 Å². The molecule has 2 fully saturated rings. The van der Waals surface area contributed by atoms with E-state index in [2.05, 4.69) is 17.0 Å². The Labute approximate surface area is 228 Å². The number of aliphatic hydroxyl groups is 1. The highest BCUT2D eigenvalue weighted by Gasteiger charge is 2.57. The molecule has 1 spiro atoms. The van der Waals surface area contributed by atoms with Crippen LogP contribution in [0.2, 0.25) is 0 Å². The number of anilines is 1. The van der Waals surface area contributed by atoms with E-state index in [4.69, 9.17) is 0 Å². The average Bonchev–Trinajstić information content (AvgIpc) is 2.94. The van der Waals surface area contributed by atoms with Crippen molar-refractivity contribution in [3.63, 3.8) is 0 Å². The molecule has 6 nitrogen and oxygen atoms in total. The van der Waals surface area contributed by atoms with Crippen LogP contribution in [0.15, 0.2) is 103 Å². The topological polar surface area (TPSA) is 101 Å². The maximum Gasteiger partial charge on any atom is 0.356 e. The molecule has 1 saturated heterocycles. The number of phenols is 1. The maximum absolute atomic E-state index is 11.5. The molecule has 6 rings (SSSR count). The number of hydrogen-bond donors (Lipinski definition) is 4. The van der Waals surface area contributed by atoms with Gasteiger partial charge in [0.1, 0.15) is 5.75 Å². The van der Waals surface area contributed by atoms with Gasteiger partial charge in [-0.15, -0.1) is 0 Å². The molecule has 39 heavy (non-hydrogen) atoms. The summed E-state index contributed by atoms with van der Waals surface area (Å²) < 4.78 is 11.5. The second kappa shape index (κ2) is 9.65. The second-order valence-electron chi connectivity index (χ2n) is 11.0. The zero-order valence-electron chi connectivity index (χ0n) is 21.5. The Morgan fingerprint density at radius 2 is 1.33 bits per heavy atom. The van der Waals surface area contributed by atoms with Crippen LogP contribution < -0.4 is 10.2 Å². The number of aromatic hydroxyl groups is 1. The fourth-order valence-electron chi connectivity index (χ4n) is 6.53. The highest BCUT2D eigenvalue weighted by Crippen LogP contribution is 2.61. The molecular formula is C32H32NO5P. The number of para-hydroxylation sites is 1. The first-order chi connectivity index (χ1) is 18.7. The van der Waals surface area contributed by atoms with E-state index in [9.17, 15) is 24.6 Å². The van der Waals surface area contributed by atoms with E-state index in [1.807, 2.05) is 60.7 Å². The van der Waals surface area contributed by atoms with Gasteiger partial charge in [-0.1, -0.05) is 72.8 Å². The van der Waals surface area contributed by atoms with E-state index in [-0.39, 0.29) is 22.5 Å². The van der Waals surface area contributed by atoms with Crippen LogP contribution in [0.5, 0.6) is 5.75 Å². The molecule has 0 unspecified atom stereocenters. The lowest BCUT2D eigenvalue weighted by molar-refractivity contribution is -0.0632. The van der Waals surface area contributed by atoms with Gasteiger partial charge in [-0.3, -0.25) is 4.57 Å². The number of hydrogen-bond acceptors (Lipinski definition) is 4. The van der Waals surface area contributed by atoms with E-state index in [0.717, 1.165) is 47.3 Å². The molecule has 7 heteroatoms. The van der Waals surface area contributed by atoms with E-state index >= 15 is 0 Å². The van der Waals surface area contributed by atoms with Crippen molar-refractivity contribution < 1.29 is 24.6 Å². The van der Waals surface area contributed by atoms with Gasteiger partial charge in [0.25, 0.3) is 0 Å². The summed E-state index contributed by atoms with van der Waals surface area (Å²) in [5.41, 5.74) is 3.56. The van der Waals surface area contributed by atoms with Crippen LogP contribution in [-0.2, 0) is 10.2 Å². The molecule has 0 amide bonds. The second-order valence-corrected chi connectivity index (χ2v) is 12.6. The molecule has 1 aliphatic carbocycles. The third-order valence-electron chi connectivity index (χ3n) is 8.71. The third-order valence-corrected chi connectivity index (χ3v) is 9.68. The molecule has 4 aromatic carbocycles. The van der Waals surface area contributed by atoms with Crippen LogP contribution in [-0.4, -0.2) is 26.5 Å². The third kappa shape index (κ3) is 4.68. The minimum absolute atomic E-state index is 0.0326. The number of rotatable bonds is 5. The summed E-state index contributed by atoms with van der Waals surface area (Å²) in [6.45, 7) is 0.859. The SMILES string of the molecule is O=P(O)(O)c1ccc(-c2ccc([C@H]3N(c4ccccc4)CC34CCC(O)(c3ccccc3)CC4)c(O)c2)cc1. The summed E-state index contributed by atoms with van der Waals surface area (Å²) >= 11 is 0. The molecule has 4 aromatic rings. The van der Waals surface area contributed by atoms with Gasteiger partial charge >= 0.3 is 7.60 Å². The van der Waals surface area contributed by atoms with Crippen LogP contribution in [0.3, 0.4) is 0 Å². The van der Waals surface area contributed by atoms with Gasteiger partial charge in [0.15, 0.2) is 0 Å². The van der Waals surface area contributed by atoms with Crippen LogP contribution >= 0.6 is 7.60 Å². The molecule has 1 aliphatic heterocycles. The summed E-state index contributed by atoms with van der Waals surface area (Å²) in [5.74, 6) is 0.195. The first kappa shape index (κ1) is 25.8. The number of phenolic OH excluding ortho intramolecular Hbond substituents is 1. The number of nitrogens with zero attached hydrogens (tertiary/aromatic N) is 1. The Hall–Kier alpha value is -3.41. The molecule has 0 aromatic heterocycles. The lowest BCUT2D eigenvalue weighted by Crippen LogP contribution is -2.61. The molecule has 0 bridgehead atoms. The first-order valence-electron chi connectivity index (χ1n) is 13.3. The van der Waals surface area contributed by atoms with Crippen molar-refractivity contribution in [2.75, 3.05) is 11.4 Å². The maximum atomic E-state index is 11.5. The van der Waals surface area contributed by atoms with Crippen LogP contribution in [0, 0.1) is 5.41 Å². The fourth-order valence-corrected chi connectivity index (χ4v) is 7.06. The van der Waals surface area contributed by atoms with Crippen molar-refractivity contribution in [2.45, 2.75) is 37.3 Å². The predicted molar refractivity (Wildman–Crippen MR) is 153 cm³/mol. The van der Waals surface area contributed by atoms with Gasteiger partial charge in [0.2, 0.25) is 0 Å². The van der Waals surface area contributed by atoms with Crippen molar-refractivity contribution in [1.29, 1.82) is 0 Å². The summed E-state index contributed by atoms with van der Waals surface area (Å²) in [7, 11) is -4.31. The Balaban J connectivity index is 1.32. The van der Waals surface area contributed by atoms with Gasteiger partial charge in [-0.25, -0.2) is 0 Å². The molecule has 1 saturated carbocycles. The fraction of sp³-hybridized carbons (Fsp3) is 0.250. The summed E-state index contributed by atoms with van der Waals surface area (Å²) in [6.07, 6.45) is 3.02. The Kier molecular flexibility index (Phi) is 6.40. The summed E-state index contributed by atoms with van der Waals surface area (Å²) in [4.78, 5) is 21.2. The van der Waals surface area contributed by atoms with Crippen LogP contribution in [0.1, 0.15) is 42.9 Å².